The van der Waals surface area contributed by atoms with Gasteiger partial charge in [-0.2, -0.15) is 0 Å². The summed E-state index contributed by atoms with van der Waals surface area (Å²) in [4.78, 5) is 2.55. The van der Waals surface area contributed by atoms with Crippen molar-refractivity contribution in [3.05, 3.63) is 76.9 Å². The van der Waals surface area contributed by atoms with E-state index in [1.54, 1.807) is 0 Å². The van der Waals surface area contributed by atoms with Crippen molar-refractivity contribution >= 4 is 17.4 Å². The van der Waals surface area contributed by atoms with Crippen molar-refractivity contribution in [3.8, 4) is 11.1 Å². The van der Waals surface area contributed by atoms with Crippen molar-refractivity contribution in [1.82, 2.24) is 0 Å². The fourth-order valence-electron chi connectivity index (χ4n) is 4.38. The normalized spacial score (nSPS) is 15.4. The summed E-state index contributed by atoms with van der Waals surface area (Å²) in [6, 6.07) is 20.2. The summed E-state index contributed by atoms with van der Waals surface area (Å²) in [5.41, 5.74) is 15.6. The van der Waals surface area contributed by atoms with Crippen molar-refractivity contribution < 1.29 is 0 Å². The lowest BCUT2D eigenvalue weighted by molar-refractivity contribution is 0.565. The first-order valence-corrected chi connectivity index (χ1v) is 12.0. The highest BCUT2D eigenvalue weighted by atomic mass is 32.2. The number of rotatable bonds is 1. The lowest BCUT2D eigenvalue weighted by Gasteiger charge is -2.39. The molecular formula is C29H35NS. The third-order valence-electron chi connectivity index (χ3n) is 6.57. The molecule has 0 aromatic heterocycles. The van der Waals surface area contributed by atoms with E-state index in [0.717, 1.165) is 5.69 Å². The Bertz CT molecular complexity index is 1140. The van der Waals surface area contributed by atoms with Crippen LogP contribution in [-0.2, 0) is 16.2 Å². The summed E-state index contributed by atoms with van der Waals surface area (Å²) >= 11 is 1.85. The largest absolute Gasteiger partial charge is 0.398 e. The Morgan fingerprint density at radius 1 is 0.710 bits per heavy atom. The van der Waals surface area contributed by atoms with E-state index in [9.17, 15) is 0 Å². The highest BCUT2D eigenvalue weighted by Crippen LogP contribution is 2.55. The average Bonchev–Trinajstić information content (AvgIpc) is 2.67. The number of nitrogen functional groups attached to an aromatic ring is 1. The molecule has 0 spiro atoms. The van der Waals surface area contributed by atoms with Gasteiger partial charge in [0.05, 0.1) is 0 Å². The molecule has 31 heavy (non-hydrogen) atoms. The van der Waals surface area contributed by atoms with Gasteiger partial charge < -0.3 is 5.73 Å². The molecule has 0 fully saturated rings. The minimum atomic E-state index is -0.129. The summed E-state index contributed by atoms with van der Waals surface area (Å²) in [5.74, 6) is 0. The van der Waals surface area contributed by atoms with E-state index in [1.165, 1.54) is 43.2 Å². The summed E-state index contributed by atoms with van der Waals surface area (Å²) in [6.07, 6.45) is 0. The van der Waals surface area contributed by atoms with Gasteiger partial charge in [-0.1, -0.05) is 110 Å². The van der Waals surface area contributed by atoms with Crippen LogP contribution in [0.2, 0.25) is 0 Å². The molecule has 0 amide bonds. The molecule has 3 aromatic rings. The molecule has 0 atom stereocenters. The number of hydrogen-bond donors (Lipinski definition) is 1. The molecule has 0 unspecified atom stereocenters. The van der Waals surface area contributed by atoms with Crippen LogP contribution in [0.15, 0.2) is 64.4 Å². The van der Waals surface area contributed by atoms with Gasteiger partial charge in [0.15, 0.2) is 0 Å². The molecule has 1 aliphatic heterocycles. The molecule has 0 bridgehead atoms. The van der Waals surface area contributed by atoms with Crippen molar-refractivity contribution in [1.29, 1.82) is 0 Å². The number of hydrogen-bond acceptors (Lipinski definition) is 2. The quantitative estimate of drug-likeness (QED) is 0.393. The fraction of sp³-hybridized carbons (Fsp3) is 0.379. The van der Waals surface area contributed by atoms with Crippen molar-refractivity contribution in [2.24, 2.45) is 0 Å². The molecule has 4 rings (SSSR count). The van der Waals surface area contributed by atoms with E-state index in [2.05, 4.69) is 110 Å². The number of nitrogens with two attached hydrogens (primary N) is 1. The molecule has 0 radical (unpaired) electrons. The first-order valence-electron chi connectivity index (χ1n) is 11.2. The van der Waals surface area contributed by atoms with Gasteiger partial charge in [0.25, 0.3) is 0 Å². The first-order chi connectivity index (χ1) is 14.3. The van der Waals surface area contributed by atoms with E-state index >= 15 is 0 Å². The maximum atomic E-state index is 6.68. The lowest BCUT2D eigenvalue weighted by Crippen LogP contribution is -2.27. The van der Waals surface area contributed by atoms with Crippen LogP contribution < -0.4 is 5.73 Å². The van der Waals surface area contributed by atoms with Crippen LogP contribution in [0.3, 0.4) is 0 Å². The van der Waals surface area contributed by atoms with Gasteiger partial charge in [-0.05, 0) is 56.3 Å². The Kier molecular flexibility index (Phi) is 5.09. The molecule has 2 N–H and O–H groups in total. The van der Waals surface area contributed by atoms with Gasteiger partial charge in [-0.15, -0.1) is 0 Å². The number of fused-ring (bicyclic) bond motifs is 2. The number of anilines is 1. The lowest BCUT2D eigenvalue weighted by atomic mass is 9.72. The van der Waals surface area contributed by atoms with Crippen LogP contribution >= 0.6 is 11.8 Å². The molecule has 162 valence electrons. The Labute approximate surface area is 192 Å². The Balaban J connectivity index is 2.04. The highest BCUT2D eigenvalue weighted by Gasteiger charge is 2.37. The SMILES string of the molecule is CC(C)(C)c1cc(N)c2c(c1)C(C)(C)c1cc(C(C)(C)C)cc(-c3ccccc3)c1S2. The molecular weight excluding hydrogens is 394 g/mol. The highest BCUT2D eigenvalue weighted by molar-refractivity contribution is 7.99. The van der Waals surface area contributed by atoms with Crippen LogP contribution in [0.25, 0.3) is 11.1 Å². The van der Waals surface area contributed by atoms with Crippen LogP contribution in [0, 0.1) is 0 Å². The van der Waals surface area contributed by atoms with Crippen LogP contribution in [0.5, 0.6) is 0 Å². The average molecular weight is 430 g/mol. The summed E-state index contributed by atoms with van der Waals surface area (Å²) in [6.45, 7) is 18.4. The Morgan fingerprint density at radius 3 is 1.77 bits per heavy atom. The molecule has 2 heteroatoms. The van der Waals surface area contributed by atoms with E-state index in [0.29, 0.717) is 0 Å². The summed E-state index contributed by atoms with van der Waals surface area (Å²) < 4.78 is 0. The van der Waals surface area contributed by atoms with E-state index in [-0.39, 0.29) is 16.2 Å². The van der Waals surface area contributed by atoms with Crippen LogP contribution in [0.4, 0.5) is 5.69 Å². The monoisotopic (exact) mass is 429 g/mol. The zero-order chi connectivity index (χ0) is 22.8. The second-order valence-corrected chi connectivity index (χ2v) is 12.5. The van der Waals surface area contributed by atoms with E-state index in [1.807, 2.05) is 11.8 Å². The molecule has 0 saturated carbocycles. The predicted octanol–water partition coefficient (Wildman–Crippen LogP) is 8.32. The van der Waals surface area contributed by atoms with Gasteiger partial charge in [0.2, 0.25) is 0 Å². The van der Waals surface area contributed by atoms with Gasteiger partial charge >= 0.3 is 0 Å². The number of benzene rings is 3. The summed E-state index contributed by atoms with van der Waals surface area (Å²) in [7, 11) is 0. The van der Waals surface area contributed by atoms with Crippen molar-refractivity contribution in [2.45, 2.75) is 81.4 Å². The minimum Gasteiger partial charge on any atom is -0.398 e. The third-order valence-corrected chi connectivity index (χ3v) is 7.88. The molecule has 1 aliphatic rings. The Hall–Kier alpha value is -2.19. The maximum Gasteiger partial charge on any atom is 0.0462 e. The molecule has 0 saturated heterocycles. The van der Waals surface area contributed by atoms with Gasteiger partial charge in [-0.3, -0.25) is 0 Å². The van der Waals surface area contributed by atoms with Gasteiger partial charge in [0, 0.05) is 20.9 Å². The second-order valence-electron chi connectivity index (χ2n) is 11.4. The molecule has 0 aliphatic carbocycles. The second kappa shape index (κ2) is 7.17. The Morgan fingerprint density at radius 2 is 1.23 bits per heavy atom. The zero-order valence-electron chi connectivity index (χ0n) is 20.2. The first kappa shape index (κ1) is 22.0. The standard InChI is InChI=1S/C29H35NS/c1-27(2,3)19-14-21(18-12-10-9-11-13-18)25-22(15-19)29(7,8)23-16-20(28(4,5)6)17-24(30)26(23)31-25/h9-17H,30H2,1-8H3. The van der Waals surface area contributed by atoms with Gasteiger partial charge in [-0.25, -0.2) is 0 Å². The van der Waals surface area contributed by atoms with Crippen LogP contribution in [-0.4, -0.2) is 0 Å². The van der Waals surface area contributed by atoms with Crippen LogP contribution in [0.1, 0.15) is 77.6 Å². The van der Waals surface area contributed by atoms with E-state index < -0.39 is 0 Å². The maximum absolute atomic E-state index is 6.68. The summed E-state index contributed by atoms with van der Waals surface area (Å²) in [5, 5.41) is 0. The zero-order valence-corrected chi connectivity index (χ0v) is 21.0. The van der Waals surface area contributed by atoms with Crippen molar-refractivity contribution in [3.63, 3.8) is 0 Å². The molecule has 1 nitrogen and oxygen atoms in total. The smallest absolute Gasteiger partial charge is 0.0462 e. The minimum absolute atomic E-state index is 0.0621. The third kappa shape index (κ3) is 3.80. The topological polar surface area (TPSA) is 26.0 Å². The molecule has 1 heterocycles. The fourth-order valence-corrected chi connectivity index (χ4v) is 5.89. The predicted molar refractivity (Wildman–Crippen MR) is 136 cm³/mol. The van der Waals surface area contributed by atoms with Gasteiger partial charge in [0.1, 0.15) is 0 Å². The van der Waals surface area contributed by atoms with E-state index in [4.69, 9.17) is 5.73 Å². The van der Waals surface area contributed by atoms with Crippen molar-refractivity contribution in [2.75, 3.05) is 5.73 Å². The molecule has 3 aromatic carbocycles.